The predicted octanol–water partition coefficient (Wildman–Crippen LogP) is 21.6. The molecule has 0 heterocycles. The molecule has 0 aliphatic rings. The van der Waals surface area contributed by atoms with Crippen LogP contribution in [-0.4, -0.2) is 37.2 Å². The first-order valence-electron chi connectivity index (χ1n) is 31.5. The number of allylic oxidation sites excluding steroid dienone is 20. The summed E-state index contributed by atoms with van der Waals surface area (Å²) in [5, 5.41) is 0. The second-order valence-electron chi connectivity index (χ2n) is 20.6. The van der Waals surface area contributed by atoms with Crippen LogP contribution in [0, 0.1) is 0 Å². The Kier molecular flexibility index (Phi) is 59.9. The average Bonchev–Trinajstić information content (AvgIpc) is 3.42. The van der Waals surface area contributed by atoms with Gasteiger partial charge in [-0.3, -0.25) is 14.4 Å². The number of carbonyl (C=O) groups is 3. The molecule has 0 saturated heterocycles. The molecule has 0 N–H and O–H groups in total. The molecule has 1 atom stereocenters. The zero-order chi connectivity index (χ0) is 55.0. The molecule has 0 fully saturated rings. The third-order valence-electron chi connectivity index (χ3n) is 13.2. The summed E-state index contributed by atoms with van der Waals surface area (Å²) in [6, 6.07) is 0. The predicted molar refractivity (Wildman–Crippen MR) is 330 cm³/mol. The Morgan fingerprint density at radius 2 is 0.539 bits per heavy atom. The van der Waals surface area contributed by atoms with Crippen LogP contribution in [0.25, 0.3) is 0 Å². The minimum absolute atomic E-state index is 0.118. The van der Waals surface area contributed by atoms with Crippen LogP contribution in [0.15, 0.2) is 122 Å². The van der Waals surface area contributed by atoms with Gasteiger partial charge in [-0.2, -0.15) is 0 Å². The monoisotopic (exact) mass is 1050 g/mol. The Labute approximate surface area is 469 Å². The molecule has 76 heavy (non-hydrogen) atoms. The number of hydrogen-bond acceptors (Lipinski definition) is 6. The summed E-state index contributed by atoms with van der Waals surface area (Å²) in [7, 11) is 0. The minimum atomic E-state index is -0.833. The van der Waals surface area contributed by atoms with Crippen LogP contribution < -0.4 is 0 Å². The molecule has 0 bridgehead atoms. The van der Waals surface area contributed by atoms with Gasteiger partial charge >= 0.3 is 17.9 Å². The fourth-order valence-corrected chi connectivity index (χ4v) is 8.58. The van der Waals surface area contributed by atoms with Gasteiger partial charge in [0.05, 0.1) is 0 Å². The van der Waals surface area contributed by atoms with E-state index in [1.807, 2.05) is 12.2 Å². The quantitative estimate of drug-likeness (QED) is 0.0261. The van der Waals surface area contributed by atoms with E-state index < -0.39 is 6.10 Å². The van der Waals surface area contributed by atoms with E-state index in [4.69, 9.17) is 14.2 Å². The third kappa shape index (κ3) is 60.7. The van der Waals surface area contributed by atoms with Gasteiger partial charge in [0, 0.05) is 19.3 Å². The SMILES string of the molecule is CC/C=C\C/C=C\C/C=C\C/C=C\C/C=C\C/C=C\CCCCC(=O)OC(COC(=O)CC/C=C\C/C=C\C/C=C\C/C=C\CC)COC(=O)CCCCCCCCCCCCCCCCCCCCCCCCCC. The summed E-state index contributed by atoms with van der Waals surface area (Å²) in [6.45, 7) is 6.33. The highest BCUT2D eigenvalue weighted by molar-refractivity contribution is 5.71. The number of rotatable bonds is 56. The zero-order valence-corrected chi connectivity index (χ0v) is 49.5. The van der Waals surface area contributed by atoms with Gasteiger partial charge in [-0.15, -0.1) is 0 Å². The highest BCUT2D eigenvalue weighted by Gasteiger charge is 2.19. The number of hydrogen-bond donors (Lipinski definition) is 0. The van der Waals surface area contributed by atoms with Crippen molar-refractivity contribution in [2.24, 2.45) is 0 Å². The first kappa shape index (κ1) is 71.8. The summed E-state index contributed by atoms with van der Waals surface area (Å²) in [4.78, 5) is 38.2. The molecule has 1 unspecified atom stereocenters. The van der Waals surface area contributed by atoms with Crippen LogP contribution in [0.2, 0.25) is 0 Å². The lowest BCUT2D eigenvalue weighted by molar-refractivity contribution is -0.166. The van der Waals surface area contributed by atoms with E-state index in [2.05, 4.69) is 130 Å². The molecule has 0 aromatic carbocycles. The summed E-state index contributed by atoms with van der Waals surface area (Å²) < 4.78 is 16.8. The van der Waals surface area contributed by atoms with E-state index in [9.17, 15) is 14.4 Å². The van der Waals surface area contributed by atoms with Gasteiger partial charge in [0.2, 0.25) is 0 Å². The molecule has 0 spiro atoms. The minimum Gasteiger partial charge on any atom is -0.462 e. The Morgan fingerprint density at radius 1 is 0.276 bits per heavy atom. The fourth-order valence-electron chi connectivity index (χ4n) is 8.58. The van der Waals surface area contributed by atoms with Gasteiger partial charge < -0.3 is 14.2 Å². The van der Waals surface area contributed by atoms with Crippen LogP contribution in [-0.2, 0) is 28.6 Å². The molecule has 0 rings (SSSR count). The molecule has 0 aromatic heterocycles. The normalized spacial score (nSPS) is 12.9. The van der Waals surface area contributed by atoms with Crippen LogP contribution in [0.4, 0.5) is 0 Å². The maximum absolute atomic E-state index is 12.9. The largest absolute Gasteiger partial charge is 0.462 e. The maximum atomic E-state index is 12.9. The first-order chi connectivity index (χ1) is 37.5. The second kappa shape index (κ2) is 63.3. The van der Waals surface area contributed by atoms with Gasteiger partial charge in [-0.05, 0) is 96.3 Å². The van der Waals surface area contributed by atoms with Gasteiger partial charge in [0.15, 0.2) is 6.10 Å². The molecule has 0 aliphatic heterocycles. The highest BCUT2D eigenvalue weighted by Crippen LogP contribution is 2.17. The maximum Gasteiger partial charge on any atom is 0.306 e. The van der Waals surface area contributed by atoms with Crippen molar-refractivity contribution in [1.29, 1.82) is 0 Å². The third-order valence-corrected chi connectivity index (χ3v) is 13.2. The lowest BCUT2D eigenvalue weighted by Crippen LogP contribution is -2.30. The smallest absolute Gasteiger partial charge is 0.306 e. The lowest BCUT2D eigenvalue weighted by atomic mass is 10.0. The molecule has 0 saturated carbocycles. The molecule has 432 valence electrons. The van der Waals surface area contributed by atoms with Gasteiger partial charge in [0.1, 0.15) is 13.2 Å². The standard InChI is InChI=1S/C70H116O6/c1-4-7-10-13-16-19-22-25-27-29-31-33-34-35-37-38-40-42-45-48-51-54-57-60-63-69(72)75-66-67(65-74-68(71)62-59-56-53-50-47-44-24-21-18-15-12-9-6-3)76-70(73)64-61-58-55-52-49-46-43-41-39-36-32-30-28-26-23-20-17-14-11-8-5-2/h8-9,11-12,17-18,20-21,26,28,32,36,41,43-44,47,49,52-53,56,67H,4-7,10,13-16,19,22-25,27,29-31,33-35,37-40,42,45-46,48,50-51,54-55,57-66H2,1-3H3/b11-8-,12-9-,20-17-,21-18-,28-26-,36-32-,43-41-,47-44-,52-49-,56-53-. The van der Waals surface area contributed by atoms with Crippen molar-refractivity contribution in [2.75, 3.05) is 13.2 Å². The Balaban J connectivity index is 4.42. The fraction of sp³-hybridized carbons (Fsp3) is 0.671. The van der Waals surface area contributed by atoms with E-state index >= 15 is 0 Å². The van der Waals surface area contributed by atoms with Crippen LogP contribution in [0.1, 0.15) is 284 Å². The highest BCUT2D eigenvalue weighted by atomic mass is 16.6. The summed E-state index contributed by atoms with van der Waals surface area (Å²) in [5.74, 6) is -1.04. The molecule has 6 nitrogen and oxygen atoms in total. The molecule has 0 aliphatic carbocycles. The Bertz CT molecular complexity index is 1590. The van der Waals surface area contributed by atoms with Crippen molar-refractivity contribution in [1.82, 2.24) is 0 Å². The van der Waals surface area contributed by atoms with Crippen molar-refractivity contribution in [3.8, 4) is 0 Å². The second-order valence-corrected chi connectivity index (χ2v) is 20.6. The van der Waals surface area contributed by atoms with E-state index in [1.54, 1.807) is 0 Å². The summed E-state index contributed by atoms with van der Waals surface area (Å²) >= 11 is 0. The van der Waals surface area contributed by atoms with Crippen molar-refractivity contribution in [3.63, 3.8) is 0 Å². The van der Waals surface area contributed by atoms with Crippen molar-refractivity contribution in [2.45, 2.75) is 290 Å². The molecule has 6 heteroatoms. The van der Waals surface area contributed by atoms with Gasteiger partial charge in [0.25, 0.3) is 0 Å². The topological polar surface area (TPSA) is 78.9 Å². The average molecular weight is 1050 g/mol. The van der Waals surface area contributed by atoms with E-state index in [1.165, 1.54) is 135 Å². The number of ether oxygens (including phenoxy) is 3. The molecular formula is C70H116O6. The van der Waals surface area contributed by atoms with Crippen LogP contribution in [0.5, 0.6) is 0 Å². The Hall–Kier alpha value is -4.19. The number of carbonyl (C=O) groups excluding carboxylic acids is 3. The van der Waals surface area contributed by atoms with E-state index in [0.717, 1.165) is 96.3 Å². The van der Waals surface area contributed by atoms with Crippen LogP contribution >= 0.6 is 0 Å². The van der Waals surface area contributed by atoms with Gasteiger partial charge in [-0.25, -0.2) is 0 Å². The van der Waals surface area contributed by atoms with E-state index in [0.29, 0.717) is 19.3 Å². The lowest BCUT2D eigenvalue weighted by Gasteiger charge is -2.18. The van der Waals surface area contributed by atoms with Crippen molar-refractivity contribution < 1.29 is 28.6 Å². The van der Waals surface area contributed by atoms with Crippen molar-refractivity contribution >= 4 is 17.9 Å². The molecule has 0 amide bonds. The van der Waals surface area contributed by atoms with E-state index in [-0.39, 0.29) is 44.0 Å². The Morgan fingerprint density at radius 3 is 0.882 bits per heavy atom. The van der Waals surface area contributed by atoms with Crippen LogP contribution in [0.3, 0.4) is 0 Å². The zero-order valence-electron chi connectivity index (χ0n) is 49.5. The van der Waals surface area contributed by atoms with Gasteiger partial charge in [-0.1, -0.05) is 290 Å². The summed E-state index contributed by atoms with van der Waals surface area (Å²) in [6.07, 6.45) is 88.0. The number of esters is 3. The number of unbranched alkanes of at least 4 members (excludes halogenated alkanes) is 25. The van der Waals surface area contributed by atoms with Crippen molar-refractivity contribution in [3.05, 3.63) is 122 Å². The first-order valence-corrected chi connectivity index (χ1v) is 31.5. The molecule has 0 aromatic rings. The summed E-state index contributed by atoms with van der Waals surface area (Å²) in [5.41, 5.74) is 0. The molecule has 0 radical (unpaired) electrons. The molecular weight excluding hydrogens is 937 g/mol.